The predicted molar refractivity (Wildman–Crippen MR) is 89.1 cm³/mol. The van der Waals surface area contributed by atoms with Crippen molar-refractivity contribution in [2.24, 2.45) is 15.9 Å². The highest BCUT2D eigenvalue weighted by molar-refractivity contribution is 9.10. The zero-order chi connectivity index (χ0) is 17.1. The average Bonchev–Trinajstić information content (AvgIpc) is 2.49. The summed E-state index contributed by atoms with van der Waals surface area (Å²) >= 11 is 3.07. The van der Waals surface area contributed by atoms with Gasteiger partial charge in [0.1, 0.15) is 23.7 Å². The Bertz CT molecular complexity index is 624. The lowest BCUT2D eigenvalue weighted by molar-refractivity contribution is 0.332. The number of ether oxygens (including phenoxy) is 2. The van der Waals surface area contributed by atoms with Gasteiger partial charge in [-0.25, -0.2) is 18.8 Å². The molecular formula is C16H19BrF2N2O2. The number of hydrogen-bond acceptors (Lipinski definition) is 4. The van der Waals surface area contributed by atoms with E-state index >= 15 is 0 Å². The molecule has 2 atom stereocenters. The van der Waals surface area contributed by atoms with Gasteiger partial charge in [0.2, 0.25) is 11.8 Å². The van der Waals surface area contributed by atoms with E-state index in [0.29, 0.717) is 16.3 Å². The van der Waals surface area contributed by atoms with Crippen molar-refractivity contribution in [2.75, 3.05) is 14.2 Å². The van der Waals surface area contributed by atoms with E-state index in [2.05, 4.69) is 25.9 Å². The average molecular weight is 389 g/mol. The van der Waals surface area contributed by atoms with Gasteiger partial charge in [0.05, 0.1) is 14.2 Å². The van der Waals surface area contributed by atoms with Gasteiger partial charge in [-0.1, -0.05) is 29.8 Å². The number of hydrogen-bond donors (Lipinski definition) is 0. The van der Waals surface area contributed by atoms with Crippen LogP contribution in [0.4, 0.5) is 8.78 Å². The predicted octanol–water partition coefficient (Wildman–Crippen LogP) is 3.77. The van der Waals surface area contributed by atoms with Gasteiger partial charge in [0.25, 0.3) is 0 Å². The first-order valence-corrected chi connectivity index (χ1v) is 8.03. The lowest BCUT2D eigenvalue weighted by Gasteiger charge is -2.27. The number of rotatable bonds is 3. The second kappa shape index (κ2) is 7.38. The molecule has 1 aliphatic heterocycles. The van der Waals surface area contributed by atoms with Crippen molar-refractivity contribution in [2.45, 2.75) is 32.4 Å². The Morgan fingerprint density at radius 3 is 2.13 bits per heavy atom. The highest BCUT2D eigenvalue weighted by Crippen LogP contribution is 2.24. The van der Waals surface area contributed by atoms with Crippen LogP contribution in [0.15, 0.2) is 26.6 Å². The third-order valence-electron chi connectivity index (χ3n) is 3.64. The monoisotopic (exact) mass is 388 g/mol. The molecule has 7 heteroatoms. The summed E-state index contributed by atoms with van der Waals surface area (Å²) in [5.41, 5.74) is -0.0508. The maximum atomic E-state index is 14.1. The molecule has 23 heavy (non-hydrogen) atoms. The Kier molecular flexibility index (Phi) is 5.73. The molecule has 0 aliphatic carbocycles. The van der Waals surface area contributed by atoms with Gasteiger partial charge in [0.15, 0.2) is 0 Å². The molecule has 0 N–H and O–H groups in total. The fourth-order valence-corrected chi connectivity index (χ4v) is 2.86. The number of benzene rings is 1. The van der Waals surface area contributed by atoms with Crippen LogP contribution in [-0.4, -0.2) is 38.1 Å². The molecule has 0 spiro atoms. The Hall–Kier alpha value is -1.50. The van der Waals surface area contributed by atoms with Crippen LogP contribution in [0.25, 0.3) is 0 Å². The molecule has 1 unspecified atom stereocenters. The summed E-state index contributed by atoms with van der Waals surface area (Å²) in [6, 6.07) is 1.58. The quantitative estimate of drug-likeness (QED) is 0.790. The fourth-order valence-electron chi connectivity index (χ4n) is 2.45. The molecule has 1 aromatic carbocycles. The van der Waals surface area contributed by atoms with Gasteiger partial charge in [-0.2, -0.15) is 0 Å². The van der Waals surface area contributed by atoms with Gasteiger partial charge >= 0.3 is 0 Å². The Labute approximate surface area is 142 Å². The van der Waals surface area contributed by atoms with Crippen LogP contribution in [0, 0.1) is 17.6 Å². The van der Waals surface area contributed by atoms with Crippen molar-refractivity contribution < 1.29 is 18.3 Å². The minimum Gasteiger partial charge on any atom is -0.483 e. The lowest BCUT2D eigenvalue weighted by Crippen LogP contribution is -2.38. The van der Waals surface area contributed by atoms with Gasteiger partial charge < -0.3 is 9.47 Å². The molecule has 0 saturated heterocycles. The zero-order valence-electron chi connectivity index (χ0n) is 13.4. The summed E-state index contributed by atoms with van der Waals surface area (Å²) in [4.78, 5) is 8.94. The maximum absolute atomic E-state index is 14.1. The molecule has 0 radical (unpaired) electrons. The van der Waals surface area contributed by atoms with E-state index < -0.39 is 17.7 Å². The summed E-state index contributed by atoms with van der Waals surface area (Å²) in [6.45, 7) is 3.98. The molecule has 0 fully saturated rings. The van der Waals surface area contributed by atoms with Crippen molar-refractivity contribution in [1.82, 2.24) is 0 Å². The fraction of sp³-hybridized carbons (Fsp3) is 0.500. The smallest absolute Gasteiger partial charge is 0.209 e. The van der Waals surface area contributed by atoms with E-state index in [1.165, 1.54) is 26.4 Å². The molecule has 0 aromatic heterocycles. The van der Waals surface area contributed by atoms with Crippen molar-refractivity contribution >= 4 is 27.7 Å². The molecule has 1 heterocycles. The van der Waals surface area contributed by atoms with E-state index in [4.69, 9.17) is 9.47 Å². The first-order chi connectivity index (χ1) is 10.9. The summed E-state index contributed by atoms with van der Waals surface area (Å²) < 4.78 is 39.0. The molecule has 2 rings (SSSR count). The summed E-state index contributed by atoms with van der Waals surface area (Å²) in [5, 5.41) is 0. The van der Waals surface area contributed by atoms with Crippen LogP contribution < -0.4 is 0 Å². The molecule has 0 amide bonds. The molecule has 0 bridgehead atoms. The molecular weight excluding hydrogens is 370 g/mol. The van der Waals surface area contributed by atoms with Crippen molar-refractivity contribution in [3.8, 4) is 0 Å². The number of halogens is 3. The van der Waals surface area contributed by atoms with Gasteiger partial charge in [-0.15, -0.1) is 0 Å². The minimum atomic E-state index is -0.632. The minimum absolute atomic E-state index is 0.00922. The highest BCUT2D eigenvalue weighted by Gasteiger charge is 2.32. The molecule has 0 saturated carbocycles. The molecule has 126 valence electrons. The Morgan fingerprint density at radius 1 is 1.09 bits per heavy atom. The van der Waals surface area contributed by atoms with Crippen molar-refractivity contribution in [3.05, 3.63) is 33.8 Å². The summed E-state index contributed by atoms with van der Waals surface area (Å²) in [6.07, 6.45) is 0.00922. The van der Waals surface area contributed by atoms with Crippen LogP contribution in [-0.2, 0) is 15.9 Å². The Morgan fingerprint density at radius 2 is 1.65 bits per heavy atom. The Balaban J connectivity index is 2.35. The zero-order valence-corrected chi connectivity index (χ0v) is 15.0. The molecule has 1 aromatic rings. The van der Waals surface area contributed by atoms with Gasteiger partial charge in [0, 0.05) is 16.5 Å². The van der Waals surface area contributed by atoms with E-state index in [1.54, 1.807) is 0 Å². The normalized spacial score (nSPS) is 21.0. The number of nitrogens with zero attached hydrogens (tertiary/aromatic N) is 2. The molecule has 1 aliphatic rings. The van der Waals surface area contributed by atoms with Crippen LogP contribution in [0.3, 0.4) is 0 Å². The first kappa shape index (κ1) is 17.8. The first-order valence-electron chi connectivity index (χ1n) is 7.24. The molecule has 4 nitrogen and oxygen atoms in total. The lowest BCUT2D eigenvalue weighted by atomic mass is 10.00. The highest BCUT2D eigenvalue weighted by atomic mass is 79.9. The van der Waals surface area contributed by atoms with Crippen LogP contribution in [0.5, 0.6) is 0 Å². The third-order valence-corrected chi connectivity index (χ3v) is 4.10. The second-order valence-corrected chi connectivity index (χ2v) is 6.52. The van der Waals surface area contributed by atoms with Crippen molar-refractivity contribution in [3.63, 3.8) is 0 Å². The van der Waals surface area contributed by atoms with Gasteiger partial charge in [-0.3, -0.25) is 0 Å². The van der Waals surface area contributed by atoms with Crippen molar-refractivity contribution in [1.29, 1.82) is 0 Å². The van der Waals surface area contributed by atoms with Gasteiger partial charge in [-0.05, 0) is 18.1 Å². The summed E-state index contributed by atoms with van der Waals surface area (Å²) in [7, 11) is 2.99. The third kappa shape index (κ3) is 3.88. The maximum Gasteiger partial charge on any atom is 0.209 e. The second-order valence-electron chi connectivity index (χ2n) is 5.60. The van der Waals surface area contributed by atoms with E-state index in [0.717, 1.165) is 0 Å². The number of methoxy groups -OCH3 is 2. The van der Waals surface area contributed by atoms with E-state index in [9.17, 15) is 8.78 Å². The van der Waals surface area contributed by atoms with Crippen LogP contribution in [0.2, 0.25) is 0 Å². The topological polar surface area (TPSA) is 43.2 Å². The van der Waals surface area contributed by atoms with E-state index in [1.807, 2.05) is 13.8 Å². The number of aliphatic imine (C=N–C) groups is 2. The largest absolute Gasteiger partial charge is 0.483 e. The summed E-state index contributed by atoms with van der Waals surface area (Å²) in [5.74, 6) is -0.296. The van der Waals surface area contributed by atoms with E-state index in [-0.39, 0.29) is 23.9 Å². The van der Waals surface area contributed by atoms with Crippen LogP contribution in [0.1, 0.15) is 19.4 Å². The standard InChI is InChI=1S/C16H19BrF2N2O2/c1-8(2)14-16(23-4)20-13(15(21-14)22-3)7-10-11(18)5-9(17)6-12(10)19/h5-6,8,13-14H,7H2,1-4H3/t13-,14?/m0/s1. The SMILES string of the molecule is COC1=N[C@@H](Cc2c(F)cc(Br)cc2F)C(OC)=NC1C(C)C. The van der Waals surface area contributed by atoms with Crippen LogP contribution >= 0.6 is 15.9 Å².